The molecule has 0 saturated carbocycles. The van der Waals surface area contributed by atoms with Crippen molar-refractivity contribution in [2.75, 3.05) is 4.90 Å². The maximum absolute atomic E-state index is 13.1. The monoisotopic (exact) mass is 480 g/mol. The number of rotatable bonds is 6. The molecule has 1 amide bonds. The second kappa shape index (κ2) is 9.02. The van der Waals surface area contributed by atoms with Gasteiger partial charge in [0.2, 0.25) is 5.13 Å². The fourth-order valence-corrected chi connectivity index (χ4v) is 4.37. The highest BCUT2D eigenvalue weighted by molar-refractivity contribution is 7.15. The zero-order valence-electron chi connectivity index (χ0n) is 18.5. The Morgan fingerprint density at radius 2 is 1.88 bits per heavy atom. The minimum Gasteiger partial charge on any atom is -0.507 e. The average molecular weight is 481 g/mol. The van der Waals surface area contributed by atoms with Crippen molar-refractivity contribution in [3.63, 3.8) is 0 Å². The molecule has 4 rings (SSSR count). The molecule has 0 unspecified atom stereocenters. The highest BCUT2D eigenvalue weighted by Crippen LogP contribution is 2.43. The second-order valence-electron chi connectivity index (χ2n) is 7.82. The van der Waals surface area contributed by atoms with Crippen molar-refractivity contribution in [3.05, 3.63) is 80.4 Å². The number of amides is 1. The predicted octanol–water partition coefficient (Wildman–Crippen LogP) is 4.17. The van der Waals surface area contributed by atoms with Gasteiger partial charge in [0.1, 0.15) is 16.5 Å². The first-order valence-corrected chi connectivity index (χ1v) is 11.1. The Hall–Kier alpha value is -4.12. The van der Waals surface area contributed by atoms with Crippen molar-refractivity contribution < 1.29 is 24.4 Å². The van der Waals surface area contributed by atoms with Crippen LogP contribution in [0.4, 0.5) is 10.8 Å². The molecule has 1 N–H and O–H groups in total. The molecular weight excluding hydrogens is 460 g/mol. The van der Waals surface area contributed by atoms with Crippen LogP contribution in [-0.4, -0.2) is 38.0 Å². The lowest BCUT2D eigenvalue weighted by Crippen LogP contribution is -2.29. The molecule has 0 aliphatic carbocycles. The van der Waals surface area contributed by atoms with Gasteiger partial charge in [0, 0.05) is 17.7 Å². The molecule has 3 aromatic rings. The number of carbonyl (C=O) groups excluding carboxylic acids is 2. The average Bonchev–Trinajstić information content (AvgIpc) is 3.34. The van der Waals surface area contributed by atoms with Gasteiger partial charge >= 0.3 is 5.91 Å². The van der Waals surface area contributed by atoms with Crippen LogP contribution >= 0.6 is 11.3 Å². The third-order valence-corrected chi connectivity index (χ3v) is 5.90. The van der Waals surface area contributed by atoms with E-state index in [0.29, 0.717) is 10.8 Å². The van der Waals surface area contributed by atoms with Crippen molar-refractivity contribution in [2.24, 2.45) is 0 Å². The first-order valence-electron chi connectivity index (χ1n) is 10.3. The van der Waals surface area contributed by atoms with Crippen LogP contribution < -0.4 is 9.64 Å². The van der Waals surface area contributed by atoms with E-state index in [0.717, 1.165) is 16.2 Å². The van der Waals surface area contributed by atoms with E-state index in [1.165, 1.54) is 18.2 Å². The van der Waals surface area contributed by atoms with Gasteiger partial charge in [0.15, 0.2) is 0 Å². The van der Waals surface area contributed by atoms with Crippen LogP contribution in [0.2, 0.25) is 0 Å². The summed E-state index contributed by atoms with van der Waals surface area (Å²) in [5.41, 5.74) is 0.156. The van der Waals surface area contributed by atoms with Gasteiger partial charge < -0.3 is 9.84 Å². The third-order valence-electron chi connectivity index (χ3n) is 5.06. The maximum Gasteiger partial charge on any atom is 0.301 e. The van der Waals surface area contributed by atoms with E-state index in [1.54, 1.807) is 37.3 Å². The molecule has 174 valence electrons. The molecule has 1 fully saturated rings. The number of carbonyl (C=O) groups is 2. The van der Waals surface area contributed by atoms with Gasteiger partial charge in [0.05, 0.1) is 22.6 Å². The van der Waals surface area contributed by atoms with E-state index in [2.05, 4.69) is 10.2 Å². The minimum absolute atomic E-state index is 0.0472. The van der Waals surface area contributed by atoms with Crippen LogP contribution in [0.1, 0.15) is 36.0 Å². The number of aryl methyl sites for hydroxylation is 1. The largest absolute Gasteiger partial charge is 0.507 e. The normalized spacial score (nSPS) is 17.4. The molecule has 0 bridgehead atoms. The first kappa shape index (κ1) is 23.1. The number of benzene rings is 2. The fourth-order valence-electron chi connectivity index (χ4n) is 3.66. The molecule has 1 saturated heterocycles. The summed E-state index contributed by atoms with van der Waals surface area (Å²) < 4.78 is 5.61. The quantitative estimate of drug-likeness (QED) is 0.183. The topological polar surface area (TPSA) is 136 Å². The lowest BCUT2D eigenvalue weighted by molar-refractivity contribution is -0.384. The number of Topliss-reactive ketones (excluding diaryl/α,β-unsaturated/α-hetero) is 1. The summed E-state index contributed by atoms with van der Waals surface area (Å²) in [6.07, 6.45) is -0.0472. The number of ketones is 1. The molecule has 1 aliphatic rings. The first-order chi connectivity index (χ1) is 16.2. The molecule has 1 aromatic heterocycles. The number of hydrogen-bond acceptors (Lipinski definition) is 9. The molecule has 2 aromatic carbocycles. The summed E-state index contributed by atoms with van der Waals surface area (Å²) in [7, 11) is 0. The Morgan fingerprint density at radius 1 is 1.18 bits per heavy atom. The molecule has 10 nitrogen and oxygen atoms in total. The maximum atomic E-state index is 13.1. The predicted molar refractivity (Wildman–Crippen MR) is 125 cm³/mol. The standard InChI is InChI=1S/C23H20N4O6S/c1-12(2)33-17-9-7-14(8-10-17)20(28)18-19(15-5-4-6-16(11-15)27(31)32)26(22(30)21(18)29)23-25-24-13(3)34-23/h4-12,19,28H,1-3H3/b20-18+/t19-/m0/s1. The van der Waals surface area contributed by atoms with Crippen molar-refractivity contribution in [1.82, 2.24) is 10.2 Å². The number of aliphatic hydroxyl groups excluding tert-OH is 1. The number of nitro groups is 1. The van der Waals surface area contributed by atoms with Gasteiger partial charge in [-0.25, -0.2) is 0 Å². The summed E-state index contributed by atoms with van der Waals surface area (Å²) in [6.45, 7) is 5.45. The van der Waals surface area contributed by atoms with Crippen LogP contribution in [0.5, 0.6) is 5.75 Å². The van der Waals surface area contributed by atoms with Gasteiger partial charge in [-0.1, -0.05) is 23.5 Å². The fraction of sp³-hybridized carbons (Fsp3) is 0.217. The van der Waals surface area contributed by atoms with E-state index in [-0.39, 0.29) is 33.6 Å². The summed E-state index contributed by atoms with van der Waals surface area (Å²) >= 11 is 1.09. The molecule has 1 atom stereocenters. The Balaban J connectivity index is 1.88. The van der Waals surface area contributed by atoms with Crippen LogP contribution in [0.25, 0.3) is 5.76 Å². The van der Waals surface area contributed by atoms with Gasteiger partial charge in [0.25, 0.3) is 11.5 Å². The van der Waals surface area contributed by atoms with Gasteiger partial charge in [-0.15, -0.1) is 10.2 Å². The van der Waals surface area contributed by atoms with Gasteiger partial charge in [-0.2, -0.15) is 0 Å². The number of hydrogen-bond donors (Lipinski definition) is 1. The zero-order chi connectivity index (χ0) is 24.6. The zero-order valence-corrected chi connectivity index (χ0v) is 19.3. The van der Waals surface area contributed by atoms with Crippen LogP contribution in [0.3, 0.4) is 0 Å². The van der Waals surface area contributed by atoms with Crippen molar-refractivity contribution in [2.45, 2.75) is 32.9 Å². The number of anilines is 1. The van der Waals surface area contributed by atoms with E-state index in [1.807, 2.05) is 13.8 Å². The number of aromatic nitrogens is 2. The molecular formula is C23H20N4O6S. The van der Waals surface area contributed by atoms with E-state index < -0.39 is 28.4 Å². The summed E-state index contributed by atoms with van der Waals surface area (Å²) in [4.78, 5) is 38.1. The summed E-state index contributed by atoms with van der Waals surface area (Å²) in [5.74, 6) is -1.67. The molecule has 11 heteroatoms. The third kappa shape index (κ3) is 4.25. The smallest absolute Gasteiger partial charge is 0.301 e. The van der Waals surface area contributed by atoms with Crippen LogP contribution in [0, 0.1) is 17.0 Å². The number of nitro benzene ring substituents is 1. The number of ether oxygens (including phenoxy) is 1. The molecule has 34 heavy (non-hydrogen) atoms. The lowest BCUT2D eigenvalue weighted by atomic mass is 9.95. The minimum atomic E-state index is -1.13. The van der Waals surface area contributed by atoms with Crippen molar-refractivity contribution in [3.8, 4) is 5.75 Å². The molecule has 0 spiro atoms. The Labute approximate surface area is 198 Å². The highest BCUT2D eigenvalue weighted by atomic mass is 32.1. The van der Waals surface area contributed by atoms with E-state index in [9.17, 15) is 24.8 Å². The van der Waals surface area contributed by atoms with E-state index >= 15 is 0 Å². The second-order valence-corrected chi connectivity index (χ2v) is 8.98. The van der Waals surface area contributed by atoms with Crippen LogP contribution in [0.15, 0.2) is 54.1 Å². The number of aliphatic hydroxyl groups is 1. The lowest BCUT2D eigenvalue weighted by Gasteiger charge is -2.22. The van der Waals surface area contributed by atoms with Gasteiger partial charge in [-0.05, 0) is 50.6 Å². The highest BCUT2D eigenvalue weighted by Gasteiger charge is 2.48. The molecule has 0 radical (unpaired) electrons. The Morgan fingerprint density at radius 3 is 2.47 bits per heavy atom. The van der Waals surface area contributed by atoms with E-state index in [4.69, 9.17) is 4.74 Å². The SMILES string of the molecule is Cc1nnc(N2C(=O)C(=O)/C(=C(/O)c3ccc(OC(C)C)cc3)[C@@H]2c2cccc([N+](=O)[O-])c2)s1. The molecule has 1 aliphatic heterocycles. The van der Waals surface area contributed by atoms with Crippen LogP contribution in [-0.2, 0) is 9.59 Å². The molecule has 2 heterocycles. The Kier molecular flexibility index (Phi) is 6.12. The number of nitrogens with zero attached hydrogens (tertiary/aromatic N) is 4. The van der Waals surface area contributed by atoms with Crippen molar-refractivity contribution >= 4 is 39.6 Å². The Bertz CT molecular complexity index is 1320. The van der Waals surface area contributed by atoms with Gasteiger partial charge in [-0.3, -0.25) is 24.6 Å². The summed E-state index contributed by atoms with van der Waals surface area (Å²) in [6, 6.07) is 10.9. The van der Waals surface area contributed by atoms with Crippen molar-refractivity contribution in [1.29, 1.82) is 0 Å². The summed E-state index contributed by atoms with van der Waals surface area (Å²) in [5, 5.41) is 31.1. The number of non-ortho nitro benzene ring substituents is 1.